The molecule has 0 aliphatic carbocycles. The van der Waals surface area contributed by atoms with Crippen molar-refractivity contribution in [1.29, 1.82) is 5.26 Å². The van der Waals surface area contributed by atoms with Crippen LogP contribution in [0, 0.1) is 41.7 Å². The molecular formula is C24H16ClN5O9. The lowest BCUT2D eigenvalue weighted by Gasteiger charge is -2.14. The van der Waals surface area contributed by atoms with Crippen LogP contribution in [0.1, 0.15) is 12.5 Å². The maximum Gasteiger partial charge on any atom is 0.318 e. The first kappa shape index (κ1) is 28.0. The van der Waals surface area contributed by atoms with E-state index in [-0.39, 0.29) is 51.4 Å². The fraction of sp³-hybridized carbons (Fsp3) is 0.0833. The lowest BCUT2D eigenvalue weighted by atomic mass is 10.1. The summed E-state index contributed by atoms with van der Waals surface area (Å²) in [4.78, 5) is 43.8. The predicted octanol–water partition coefficient (Wildman–Crippen LogP) is 5.80. The number of non-ortho nitro benzene ring substituents is 2. The van der Waals surface area contributed by atoms with Crippen molar-refractivity contribution in [1.82, 2.24) is 0 Å². The summed E-state index contributed by atoms with van der Waals surface area (Å²) < 4.78 is 11.2. The van der Waals surface area contributed by atoms with E-state index in [0.29, 0.717) is 0 Å². The Hall–Kier alpha value is -5.55. The summed E-state index contributed by atoms with van der Waals surface area (Å²) in [5.41, 5.74) is -1.52. The molecule has 15 heteroatoms. The zero-order chi connectivity index (χ0) is 28.7. The third kappa shape index (κ3) is 6.81. The van der Waals surface area contributed by atoms with E-state index in [9.17, 15) is 40.4 Å². The molecule has 0 saturated carbocycles. The van der Waals surface area contributed by atoms with Crippen molar-refractivity contribution in [3.63, 3.8) is 0 Å². The van der Waals surface area contributed by atoms with Crippen LogP contribution in [0.25, 0.3) is 6.08 Å². The zero-order valence-electron chi connectivity index (χ0n) is 19.8. The molecule has 0 spiro atoms. The minimum atomic E-state index is -0.854. The van der Waals surface area contributed by atoms with Crippen molar-refractivity contribution in [2.45, 2.75) is 6.92 Å². The van der Waals surface area contributed by atoms with Gasteiger partial charge in [0.05, 0.1) is 32.5 Å². The van der Waals surface area contributed by atoms with Gasteiger partial charge in [-0.25, -0.2) is 0 Å². The van der Waals surface area contributed by atoms with E-state index in [0.717, 1.165) is 24.3 Å². The smallest absolute Gasteiger partial charge is 0.318 e. The summed E-state index contributed by atoms with van der Waals surface area (Å²) in [5.74, 6) is -1.34. The van der Waals surface area contributed by atoms with E-state index in [4.69, 9.17) is 21.1 Å². The van der Waals surface area contributed by atoms with Crippen LogP contribution in [0.4, 0.5) is 22.7 Å². The van der Waals surface area contributed by atoms with Crippen LogP contribution in [0.15, 0.2) is 60.2 Å². The van der Waals surface area contributed by atoms with Crippen molar-refractivity contribution in [3.05, 3.63) is 101 Å². The molecule has 0 aliphatic heterocycles. The van der Waals surface area contributed by atoms with Crippen LogP contribution in [0.2, 0.25) is 5.02 Å². The van der Waals surface area contributed by atoms with Gasteiger partial charge >= 0.3 is 5.69 Å². The van der Waals surface area contributed by atoms with Crippen molar-refractivity contribution >= 4 is 46.3 Å². The molecule has 0 fully saturated rings. The number of ether oxygens (including phenoxy) is 2. The summed E-state index contributed by atoms with van der Waals surface area (Å²) in [6.45, 7) is 1.75. The molecule has 0 heterocycles. The van der Waals surface area contributed by atoms with E-state index >= 15 is 0 Å². The molecule has 0 bridgehead atoms. The molecule has 0 aromatic heterocycles. The van der Waals surface area contributed by atoms with Crippen LogP contribution in [-0.2, 0) is 4.79 Å². The Morgan fingerprint density at radius 2 is 1.69 bits per heavy atom. The lowest BCUT2D eigenvalue weighted by molar-refractivity contribution is -0.394. The van der Waals surface area contributed by atoms with Gasteiger partial charge in [0.25, 0.3) is 17.3 Å². The maximum absolute atomic E-state index is 12.6. The lowest BCUT2D eigenvalue weighted by Crippen LogP contribution is -2.13. The SMILES string of the molecule is CCOc1cc(/C=C(\C#N)C(=O)Nc2cccc([N+](=O)[O-])c2)cc(Cl)c1Oc1ccc([N+](=O)[O-])cc1[N+](=O)[O-]. The number of nitrogens with zero attached hydrogens (tertiary/aromatic N) is 4. The molecule has 1 amide bonds. The molecule has 198 valence electrons. The molecule has 14 nitrogen and oxygen atoms in total. The van der Waals surface area contributed by atoms with Crippen molar-refractivity contribution < 1.29 is 29.0 Å². The molecule has 0 unspecified atom stereocenters. The third-order valence-electron chi connectivity index (χ3n) is 4.88. The van der Waals surface area contributed by atoms with Gasteiger partial charge in [0, 0.05) is 23.9 Å². The third-order valence-corrected chi connectivity index (χ3v) is 5.17. The summed E-state index contributed by atoms with van der Waals surface area (Å²) >= 11 is 6.36. The van der Waals surface area contributed by atoms with Gasteiger partial charge in [0.15, 0.2) is 11.5 Å². The predicted molar refractivity (Wildman–Crippen MR) is 138 cm³/mol. The van der Waals surface area contributed by atoms with Crippen LogP contribution < -0.4 is 14.8 Å². The highest BCUT2D eigenvalue weighted by Crippen LogP contribution is 2.43. The van der Waals surface area contributed by atoms with Gasteiger partial charge in [-0.05, 0) is 42.8 Å². The second-order valence-electron chi connectivity index (χ2n) is 7.46. The summed E-state index contributed by atoms with van der Waals surface area (Å²) in [6.07, 6.45) is 1.18. The Bertz CT molecular complexity index is 1570. The Kier molecular flexibility index (Phi) is 8.71. The number of hydrogen-bond donors (Lipinski definition) is 1. The second kappa shape index (κ2) is 12.1. The second-order valence-corrected chi connectivity index (χ2v) is 7.87. The number of benzene rings is 3. The highest BCUT2D eigenvalue weighted by atomic mass is 35.5. The van der Waals surface area contributed by atoms with Crippen molar-refractivity contribution in [2.24, 2.45) is 0 Å². The summed E-state index contributed by atoms with van der Waals surface area (Å²) in [7, 11) is 0. The number of carbonyl (C=O) groups is 1. The Labute approximate surface area is 224 Å². The number of halogens is 1. The Morgan fingerprint density at radius 1 is 1.00 bits per heavy atom. The van der Waals surface area contributed by atoms with Gasteiger partial charge in [0.2, 0.25) is 5.75 Å². The summed E-state index contributed by atoms with van der Waals surface area (Å²) in [6, 6.07) is 12.3. The Balaban J connectivity index is 1.97. The van der Waals surface area contributed by atoms with Gasteiger partial charge in [0.1, 0.15) is 11.6 Å². The highest BCUT2D eigenvalue weighted by Gasteiger charge is 2.24. The maximum atomic E-state index is 12.6. The van der Waals surface area contributed by atoms with Gasteiger partial charge < -0.3 is 14.8 Å². The average molecular weight is 554 g/mol. The molecule has 0 radical (unpaired) electrons. The average Bonchev–Trinajstić information content (AvgIpc) is 2.89. The minimum Gasteiger partial charge on any atom is -0.490 e. The number of hydrogen-bond acceptors (Lipinski definition) is 10. The topological polar surface area (TPSA) is 201 Å². The number of nitrogens with one attached hydrogen (secondary N) is 1. The van der Waals surface area contributed by atoms with Gasteiger partial charge in [-0.3, -0.25) is 35.1 Å². The molecule has 0 saturated heterocycles. The highest BCUT2D eigenvalue weighted by molar-refractivity contribution is 6.32. The van der Waals surface area contributed by atoms with Crippen molar-refractivity contribution in [2.75, 3.05) is 11.9 Å². The zero-order valence-corrected chi connectivity index (χ0v) is 20.6. The quantitative estimate of drug-likeness (QED) is 0.138. The molecule has 0 atom stereocenters. The molecule has 3 aromatic rings. The Morgan fingerprint density at radius 3 is 2.31 bits per heavy atom. The standard InChI is InChI=1S/C24H16ClN5O9/c1-2-38-22-10-14(8-15(13-26)24(31)27-16-4-3-5-17(11-16)28(32)33)9-19(25)23(22)39-21-7-6-18(29(34)35)12-20(21)30(36)37/h3-12H,2H2,1H3,(H,27,31)/b15-8+. The number of nitriles is 1. The number of nitro groups is 3. The number of amides is 1. The van der Waals surface area contributed by atoms with Gasteiger partial charge in [-0.1, -0.05) is 17.7 Å². The van der Waals surface area contributed by atoms with Crippen LogP contribution in [-0.4, -0.2) is 27.3 Å². The van der Waals surface area contributed by atoms with Crippen molar-refractivity contribution in [3.8, 4) is 23.3 Å². The van der Waals surface area contributed by atoms with Crippen LogP contribution >= 0.6 is 11.6 Å². The minimum absolute atomic E-state index is 0.000262. The fourth-order valence-corrected chi connectivity index (χ4v) is 3.46. The first-order valence-electron chi connectivity index (χ1n) is 10.8. The number of anilines is 1. The number of rotatable bonds is 10. The van der Waals surface area contributed by atoms with Crippen LogP contribution in [0.5, 0.6) is 17.2 Å². The van der Waals surface area contributed by atoms with Crippen LogP contribution in [0.3, 0.4) is 0 Å². The molecular weight excluding hydrogens is 538 g/mol. The number of nitro benzene ring substituents is 3. The van der Waals surface area contributed by atoms with E-state index < -0.39 is 32.1 Å². The van der Waals surface area contributed by atoms with E-state index in [1.807, 2.05) is 0 Å². The monoisotopic (exact) mass is 553 g/mol. The normalized spacial score (nSPS) is 10.7. The largest absolute Gasteiger partial charge is 0.490 e. The molecule has 3 aromatic carbocycles. The first-order chi connectivity index (χ1) is 18.5. The molecule has 1 N–H and O–H groups in total. The molecule has 39 heavy (non-hydrogen) atoms. The molecule has 3 rings (SSSR count). The van der Waals surface area contributed by atoms with E-state index in [1.165, 1.54) is 36.4 Å². The first-order valence-corrected chi connectivity index (χ1v) is 11.2. The van der Waals surface area contributed by atoms with E-state index in [2.05, 4.69) is 5.32 Å². The number of carbonyl (C=O) groups excluding carboxylic acids is 1. The summed E-state index contributed by atoms with van der Waals surface area (Å²) in [5, 5.41) is 45.2. The van der Waals surface area contributed by atoms with Gasteiger partial charge in [-0.15, -0.1) is 0 Å². The van der Waals surface area contributed by atoms with Gasteiger partial charge in [-0.2, -0.15) is 5.26 Å². The molecule has 0 aliphatic rings. The van der Waals surface area contributed by atoms with E-state index in [1.54, 1.807) is 13.0 Å². The fourth-order valence-electron chi connectivity index (χ4n) is 3.20.